The lowest BCUT2D eigenvalue weighted by Gasteiger charge is -2.18. The van der Waals surface area contributed by atoms with E-state index in [1.165, 1.54) is 13.4 Å². The van der Waals surface area contributed by atoms with Crippen LogP contribution in [0.5, 0.6) is 0 Å². The summed E-state index contributed by atoms with van der Waals surface area (Å²) in [5.41, 5.74) is 0.896. The van der Waals surface area contributed by atoms with Gasteiger partial charge in [0, 0.05) is 32.0 Å². The van der Waals surface area contributed by atoms with Gasteiger partial charge in [0.1, 0.15) is 10.3 Å². The van der Waals surface area contributed by atoms with E-state index in [0.29, 0.717) is 24.8 Å². The Balaban J connectivity index is 2.16. The second kappa shape index (κ2) is 6.89. The Morgan fingerprint density at radius 1 is 1.57 bits per heavy atom. The summed E-state index contributed by atoms with van der Waals surface area (Å²) in [6, 6.07) is 3.51. The fourth-order valence-electron chi connectivity index (χ4n) is 1.95. The summed E-state index contributed by atoms with van der Waals surface area (Å²) in [5, 5.41) is 13.8. The van der Waals surface area contributed by atoms with E-state index in [0.717, 1.165) is 5.56 Å². The molecule has 0 atom stereocenters. The van der Waals surface area contributed by atoms with Crippen molar-refractivity contribution in [3.63, 3.8) is 0 Å². The maximum atomic E-state index is 10.7. The summed E-state index contributed by atoms with van der Waals surface area (Å²) >= 11 is 5.74. The predicted octanol–water partition coefficient (Wildman–Crippen LogP) is 1.52. The van der Waals surface area contributed by atoms with Crippen LogP contribution < -0.4 is 0 Å². The molecule has 2 heterocycles. The molecule has 0 aromatic carbocycles. The van der Waals surface area contributed by atoms with Crippen LogP contribution in [0.15, 0.2) is 35.9 Å². The van der Waals surface area contributed by atoms with Gasteiger partial charge in [0.15, 0.2) is 5.03 Å². The number of nitro groups is 1. The Hall–Kier alpha value is -2.35. The number of rotatable bonds is 5. The first-order chi connectivity index (χ1) is 10.1. The van der Waals surface area contributed by atoms with E-state index in [4.69, 9.17) is 16.3 Å². The summed E-state index contributed by atoms with van der Waals surface area (Å²) in [4.78, 5) is 18.2. The Kier molecular flexibility index (Phi) is 4.94. The van der Waals surface area contributed by atoms with Crippen molar-refractivity contribution in [2.45, 2.75) is 6.54 Å². The molecule has 0 N–H and O–H groups in total. The number of hydrazone groups is 1. The number of nitrogens with zero attached hydrogens (tertiary/aromatic N) is 5. The van der Waals surface area contributed by atoms with Crippen molar-refractivity contribution in [3.8, 4) is 0 Å². The van der Waals surface area contributed by atoms with Gasteiger partial charge < -0.3 is 14.5 Å². The minimum absolute atomic E-state index is 0.267. The SMILES string of the molecule is COC=CN1CCN(Cc2ccc(Cl)nc2)/C1=N\[N+](=O)[O-]. The molecule has 1 aromatic rings. The number of halogens is 1. The van der Waals surface area contributed by atoms with Crippen molar-refractivity contribution in [1.29, 1.82) is 0 Å². The molecule has 0 amide bonds. The van der Waals surface area contributed by atoms with E-state index in [9.17, 15) is 10.1 Å². The zero-order valence-corrected chi connectivity index (χ0v) is 12.1. The molecule has 8 nitrogen and oxygen atoms in total. The first-order valence-corrected chi connectivity index (χ1v) is 6.52. The zero-order chi connectivity index (χ0) is 15.2. The number of pyridine rings is 1. The summed E-state index contributed by atoms with van der Waals surface area (Å²) in [6.45, 7) is 1.67. The van der Waals surface area contributed by atoms with Crippen LogP contribution in [0.25, 0.3) is 0 Å². The quantitative estimate of drug-likeness (QED) is 0.355. The molecule has 2 rings (SSSR count). The van der Waals surface area contributed by atoms with Gasteiger partial charge in [-0.05, 0) is 11.6 Å². The number of methoxy groups -OCH3 is 1. The van der Waals surface area contributed by atoms with Crippen molar-refractivity contribution in [1.82, 2.24) is 14.8 Å². The second-order valence-electron chi connectivity index (χ2n) is 4.26. The normalized spacial score (nSPS) is 17.0. The smallest absolute Gasteiger partial charge is 0.278 e. The van der Waals surface area contributed by atoms with E-state index in [2.05, 4.69) is 10.1 Å². The minimum Gasteiger partial charge on any atom is -0.503 e. The highest BCUT2D eigenvalue weighted by Gasteiger charge is 2.28. The molecule has 1 fully saturated rings. The first kappa shape index (κ1) is 15.0. The van der Waals surface area contributed by atoms with Crippen LogP contribution in [0.1, 0.15) is 5.56 Å². The molecule has 0 bridgehead atoms. The number of hydrogen-bond acceptors (Lipinski definition) is 4. The number of ether oxygens (including phenoxy) is 1. The molecule has 0 unspecified atom stereocenters. The lowest BCUT2D eigenvalue weighted by atomic mass is 10.3. The maximum Gasteiger partial charge on any atom is 0.278 e. The number of guanidine groups is 1. The van der Waals surface area contributed by atoms with Gasteiger partial charge in [0.05, 0.1) is 13.4 Å². The molecule has 21 heavy (non-hydrogen) atoms. The third-order valence-electron chi connectivity index (χ3n) is 2.86. The van der Waals surface area contributed by atoms with Gasteiger partial charge in [-0.1, -0.05) is 17.7 Å². The molecule has 112 valence electrons. The van der Waals surface area contributed by atoms with E-state index in [1.807, 2.05) is 6.07 Å². The van der Waals surface area contributed by atoms with Crippen molar-refractivity contribution < 1.29 is 9.77 Å². The van der Waals surface area contributed by atoms with E-state index >= 15 is 0 Å². The molecule has 9 heteroatoms. The zero-order valence-electron chi connectivity index (χ0n) is 11.3. The average molecular weight is 312 g/mol. The van der Waals surface area contributed by atoms with Crippen LogP contribution in [0.3, 0.4) is 0 Å². The summed E-state index contributed by atoms with van der Waals surface area (Å²) in [5.74, 6) is 0.267. The molecule has 0 saturated carbocycles. The van der Waals surface area contributed by atoms with E-state index in [-0.39, 0.29) is 5.96 Å². The van der Waals surface area contributed by atoms with Gasteiger partial charge >= 0.3 is 0 Å². The van der Waals surface area contributed by atoms with Crippen LogP contribution in [0, 0.1) is 10.1 Å². The average Bonchev–Trinajstić information content (AvgIpc) is 2.81. The van der Waals surface area contributed by atoms with Crippen LogP contribution in [0.2, 0.25) is 5.15 Å². The van der Waals surface area contributed by atoms with E-state index in [1.54, 1.807) is 28.3 Å². The highest BCUT2D eigenvalue weighted by atomic mass is 35.5. The maximum absolute atomic E-state index is 10.7. The Morgan fingerprint density at radius 3 is 3.00 bits per heavy atom. The van der Waals surface area contributed by atoms with Gasteiger partial charge in [0.2, 0.25) is 0 Å². The number of hydrogen-bond donors (Lipinski definition) is 0. The summed E-state index contributed by atoms with van der Waals surface area (Å²) in [6.07, 6.45) is 4.70. The van der Waals surface area contributed by atoms with Crippen LogP contribution in [-0.4, -0.2) is 46.0 Å². The minimum atomic E-state index is -0.707. The van der Waals surface area contributed by atoms with Crippen molar-refractivity contribution in [2.75, 3.05) is 20.2 Å². The van der Waals surface area contributed by atoms with Crippen molar-refractivity contribution in [2.24, 2.45) is 5.10 Å². The fraction of sp³-hybridized carbons (Fsp3) is 0.333. The second-order valence-corrected chi connectivity index (χ2v) is 4.65. The Bertz CT molecular complexity index is 561. The van der Waals surface area contributed by atoms with Gasteiger partial charge in [-0.3, -0.25) is 0 Å². The highest BCUT2D eigenvalue weighted by Crippen LogP contribution is 2.15. The molecule has 1 saturated heterocycles. The van der Waals surface area contributed by atoms with Crippen molar-refractivity contribution in [3.05, 3.63) is 51.6 Å². The molecular formula is C12H14ClN5O3. The third-order valence-corrected chi connectivity index (χ3v) is 3.08. The van der Waals surface area contributed by atoms with Gasteiger partial charge in [-0.2, -0.15) is 0 Å². The number of aromatic nitrogens is 1. The predicted molar refractivity (Wildman–Crippen MR) is 76.9 cm³/mol. The lowest BCUT2D eigenvalue weighted by Crippen LogP contribution is -2.31. The topological polar surface area (TPSA) is 84.1 Å². The molecule has 0 aliphatic carbocycles. The highest BCUT2D eigenvalue weighted by molar-refractivity contribution is 6.29. The molecule has 1 aliphatic heterocycles. The van der Waals surface area contributed by atoms with Crippen LogP contribution >= 0.6 is 11.6 Å². The third kappa shape index (κ3) is 4.06. The molecular weight excluding hydrogens is 298 g/mol. The Labute approximate surface area is 126 Å². The van der Waals surface area contributed by atoms with Gasteiger partial charge in [0.25, 0.3) is 5.96 Å². The molecule has 0 radical (unpaired) electrons. The first-order valence-electron chi connectivity index (χ1n) is 6.14. The van der Waals surface area contributed by atoms with Crippen molar-refractivity contribution >= 4 is 17.6 Å². The summed E-state index contributed by atoms with van der Waals surface area (Å²) in [7, 11) is 1.51. The van der Waals surface area contributed by atoms with E-state index < -0.39 is 5.03 Å². The molecule has 1 aromatic heterocycles. The monoisotopic (exact) mass is 311 g/mol. The van der Waals surface area contributed by atoms with Gasteiger partial charge in [-0.15, -0.1) is 0 Å². The Morgan fingerprint density at radius 2 is 2.38 bits per heavy atom. The largest absolute Gasteiger partial charge is 0.503 e. The summed E-state index contributed by atoms with van der Waals surface area (Å²) < 4.78 is 4.83. The standard InChI is InChI=1S/C12H14ClN5O3/c1-21-7-6-16-4-5-17(12(16)15-18(19)20)9-10-2-3-11(13)14-8-10/h2-3,6-8H,4-5,9H2,1H3/b7-6?,15-12-. The molecule has 1 aliphatic rings. The van der Waals surface area contributed by atoms with Gasteiger partial charge in [-0.25, -0.2) is 15.1 Å². The van der Waals surface area contributed by atoms with Crippen LogP contribution in [0.4, 0.5) is 0 Å². The molecule has 0 spiro atoms. The van der Waals surface area contributed by atoms with Crippen LogP contribution in [-0.2, 0) is 11.3 Å². The fourth-order valence-corrected chi connectivity index (χ4v) is 2.06. The lowest BCUT2D eigenvalue weighted by molar-refractivity contribution is -0.486.